The van der Waals surface area contributed by atoms with Crippen molar-refractivity contribution in [1.82, 2.24) is 10.2 Å². The second-order valence-corrected chi connectivity index (χ2v) is 11.4. The number of benzene rings is 3. The van der Waals surface area contributed by atoms with E-state index in [0.717, 1.165) is 18.2 Å². The molecule has 0 fully saturated rings. The van der Waals surface area contributed by atoms with Crippen LogP contribution in [-0.4, -0.2) is 28.7 Å². The first kappa shape index (κ1) is 30.3. The Balaban J connectivity index is 1.89. The van der Waals surface area contributed by atoms with Crippen molar-refractivity contribution in [2.45, 2.75) is 13.0 Å². The molecule has 0 aromatic heterocycles. The number of nitrogens with one attached hydrogen (secondary N) is 2. The summed E-state index contributed by atoms with van der Waals surface area (Å²) in [7, 11) is -3.47. The van der Waals surface area contributed by atoms with Gasteiger partial charge in [0.05, 0.1) is 11.0 Å². The Morgan fingerprint density at radius 1 is 0.947 bits per heavy atom. The molecule has 0 heterocycles. The second-order valence-electron chi connectivity index (χ2n) is 7.85. The van der Waals surface area contributed by atoms with Crippen molar-refractivity contribution in [2.75, 3.05) is 23.7 Å². The molecule has 8 nitrogen and oxygen atoms in total. The molecule has 3 aromatic carbocycles. The van der Waals surface area contributed by atoms with Crippen LogP contribution in [-0.2, 0) is 9.09 Å². The molecule has 0 saturated heterocycles. The summed E-state index contributed by atoms with van der Waals surface area (Å²) in [5.74, 6) is -2.92. The Kier molecular flexibility index (Phi) is 10.9. The van der Waals surface area contributed by atoms with Gasteiger partial charge in [-0.25, -0.2) is 23.3 Å². The Morgan fingerprint density at radius 3 is 2.11 bits per heavy atom. The fourth-order valence-corrected chi connectivity index (χ4v) is 6.07. The largest absolute Gasteiger partial charge is 0.450 e. The number of alkyl halides is 2. The van der Waals surface area contributed by atoms with Gasteiger partial charge in [-0.1, -0.05) is 31.9 Å². The van der Waals surface area contributed by atoms with Gasteiger partial charge in [0.1, 0.15) is 23.2 Å². The van der Waals surface area contributed by atoms with Crippen molar-refractivity contribution in [3.05, 3.63) is 87.7 Å². The van der Waals surface area contributed by atoms with Crippen molar-refractivity contribution in [2.24, 2.45) is 0 Å². The molecule has 0 radical (unpaired) electrons. The maximum Gasteiger partial charge on any atom is 0.341 e. The van der Waals surface area contributed by atoms with Crippen LogP contribution in [0.2, 0.25) is 0 Å². The minimum atomic E-state index is -3.47. The standard InChI is InChI=1S/C24H23Br2F3N3O5P/c1-15(37-38(35,30-10-8-25)31-11-9-26)16-2-7-23(32(33)34)24(12-16)36-18-4-6-20(22(29)14-18)19-5-3-17(27)13-21(19)28/h2-7,12-15H,8-11H2,1H3,(H2,30,31,35). The highest BCUT2D eigenvalue weighted by molar-refractivity contribution is 9.09. The lowest BCUT2D eigenvalue weighted by molar-refractivity contribution is -0.385. The van der Waals surface area contributed by atoms with Gasteiger partial charge in [-0.15, -0.1) is 0 Å². The lowest BCUT2D eigenvalue weighted by atomic mass is 10.0. The van der Waals surface area contributed by atoms with Crippen LogP contribution >= 0.6 is 39.5 Å². The third-order valence-corrected chi connectivity index (χ3v) is 7.86. The highest BCUT2D eigenvalue weighted by atomic mass is 79.9. The van der Waals surface area contributed by atoms with Gasteiger partial charge in [0.25, 0.3) is 0 Å². The summed E-state index contributed by atoms with van der Waals surface area (Å²) in [4.78, 5) is 10.9. The minimum absolute atomic E-state index is 0.0914. The summed E-state index contributed by atoms with van der Waals surface area (Å²) in [6.07, 6.45) is -0.782. The lowest BCUT2D eigenvalue weighted by Crippen LogP contribution is -2.27. The number of nitrogens with zero attached hydrogens (tertiary/aromatic N) is 1. The molecule has 1 unspecified atom stereocenters. The summed E-state index contributed by atoms with van der Waals surface area (Å²) >= 11 is 6.51. The van der Waals surface area contributed by atoms with E-state index in [-0.39, 0.29) is 22.6 Å². The fraction of sp³-hybridized carbons (Fsp3) is 0.250. The zero-order valence-electron chi connectivity index (χ0n) is 19.9. The Bertz CT molecular complexity index is 1340. The molecule has 38 heavy (non-hydrogen) atoms. The van der Waals surface area contributed by atoms with Crippen LogP contribution in [0.3, 0.4) is 0 Å². The summed E-state index contributed by atoms with van der Waals surface area (Å²) in [6, 6.07) is 10.2. The molecule has 0 aliphatic rings. The van der Waals surface area contributed by atoms with Crippen LogP contribution < -0.4 is 14.9 Å². The third-order valence-electron chi connectivity index (χ3n) is 5.18. The van der Waals surface area contributed by atoms with E-state index in [9.17, 15) is 27.9 Å². The molecule has 0 spiro atoms. The van der Waals surface area contributed by atoms with Crippen molar-refractivity contribution < 1.29 is 31.9 Å². The van der Waals surface area contributed by atoms with Crippen molar-refractivity contribution in [3.63, 3.8) is 0 Å². The smallest absolute Gasteiger partial charge is 0.341 e. The molecule has 3 rings (SSSR count). The highest BCUT2D eigenvalue weighted by Gasteiger charge is 2.27. The Hall–Kier alpha value is -2.28. The van der Waals surface area contributed by atoms with Crippen molar-refractivity contribution >= 4 is 45.2 Å². The van der Waals surface area contributed by atoms with Crippen LogP contribution in [0.25, 0.3) is 11.1 Å². The van der Waals surface area contributed by atoms with Crippen LogP contribution in [0, 0.1) is 27.6 Å². The first-order valence-corrected chi connectivity index (χ1v) is 15.1. The highest BCUT2D eigenvalue weighted by Crippen LogP contribution is 2.44. The lowest BCUT2D eigenvalue weighted by Gasteiger charge is -2.24. The molecule has 0 saturated carbocycles. The zero-order chi connectivity index (χ0) is 27.9. The number of hydrogen-bond acceptors (Lipinski definition) is 5. The predicted molar refractivity (Wildman–Crippen MR) is 146 cm³/mol. The Labute approximate surface area is 233 Å². The normalized spacial score (nSPS) is 12.4. The molecule has 0 amide bonds. The number of halogens is 5. The number of hydrogen-bond donors (Lipinski definition) is 2. The summed E-state index contributed by atoms with van der Waals surface area (Å²) in [5, 5.41) is 18.3. The van der Waals surface area contributed by atoms with Gasteiger partial charge in [-0.05, 0) is 48.9 Å². The first-order valence-electron chi connectivity index (χ1n) is 11.2. The molecule has 204 valence electrons. The van der Waals surface area contributed by atoms with E-state index < -0.39 is 41.8 Å². The Morgan fingerprint density at radius 2 is 1.55 bits per heavy atom. The van der Waals surface area contributed by atoms with E-state index in [1.807, 2.05) is 0 Å². The number of nitro groups is 1. The van der Waals surface area contributed by atoms with Crippen molar-refractivity contribution in [1.29, 1.82) is 0 Å². The van der Waals surface area contributed by atoms with Gasteiger partial charge in [-0.2, -0.15) is 0 Å². The van der Waals surface area contributed by atoms with Gasteiger partial charge in [0.2, 0.25) is 5.75 Å². The van der Waals surface area contributed by atoms with E-state index >= 15 is 0 Å². The molecule has 3 aromatic rings. The summed E-state index contributed by atoms with van der Waals surface area (Å²) in [6.45, 7) is 2.34. The van der Waals surface area contributed by atoms with Crippen molar-refractivity contribution in [3.8, 4) is 22.6 Å². The monoisotopic (exact) mass is 679 g/mol. The molecule has 0 aliphatic carbocycles. The summed E-state index contributed by atoms with van der Waals surface area (Å²) in [5.41, 5.74) is -0.269. The quantitative estimate of drug-likeness (QED) is 0.0829. The van der Waals surface area contributed by atoms with Crippen LogP contribution in [0.4, 0.5) is 18.9 Å². The van der Waals surface area contributed by atoms with E-state index in [0.29, 0.717) is 35.4 Å². The van der Waals surface area contributed by atoms with Gasteiger partial charge in [-0.3, -0.25) is 19.2 Å². The molecular weight excluding hydrogens is 658 g/mol. The first-order chi connectivity index (χ1) is 18.1. The maximum atomic E-state index is 14.8. The molecule has 1 atom stereocenters. The van der Waals surface area contributed by atoms with Crippen LogP contribution in [0.1, 0.15) is 18.6 Å². The zero-order valence-corrected chi connectivity index (χ0v) is 24.0. The molecule has 14 heteroatoms. The van der Waals surface area contributed by atoms with Crippen LogP contribution in [0.15, 0.2) is 54.6 Å². The molecule has 2 N–H and O–H groups in total. The van der Waals surface area contributed by atoms with E-state index in [4.69, 9.17) is 9.26 Å². The topological polar surface area (TPSA) is 103 Å². The van der Waals surface area contributed by atoms with Crippen LogP contribution in [0.5, 0.6) is 11.5 Å². The van der Waals surface area contributed by atoms with E-state index in [1.54, 1.807) is 6.92 Å². The van der Waals surface area contributed by atoms with E-state index in [2.05, 4.69) is 42.0 Å². The summed E-state index contributed by atoms with van der Waals surface area (Å²) < 4.78 is 66.8. The van der Waals surface area contributed by atoms with E-state index in [1.165, 1.54) is 30.3 Å². The number of nitro benzene ring substituents is 1. The van der Waals surface area contributed by atoms with Gasteiger partial charge in [0, 0.05) is 53.1 Å². The minimum Gasteiger partial charge on any atom is -0.450 e. The predicted octanol–water partition coefficient (Wildman–Crippen LogP) is 7.63. The average molecular weight is 681 g/mol. The number of rotatable bonds is 13. The average Bonchev–Trinajstić information content (AvgIpc) is 2.87. The third kappa shape index (κ3) is 7.87. The maximum absolute atomic E-state index is 14.8. The fourth-order valence-electron chi connectivity index (χ4n) is 3.42. The molecular formula is C24H23Br2F3N3O5P. The second kappa shape index (κ2) is 13.7. The SMILES string of the molecule is CC(OP(=O)(NCCBr)NCCBr)c1ccc([N+](=O)[O-])c(Oc2ccc(-c3ccc(F)cc3F)c(F)c2)c1. The number of ether oxygens (including phenoxy) is 1. The van der Waals surface area contributed by atoms with Gasteiger partial charge < -0.3 is 4.74 Å². The molecule has 0 aliphatic heterocycles. The van der Waals surface area contributed by atoms with Gasteiger partial charge in [0.15, 0.2) is 0 Å². The molecule has 0 bridgehead atoms. The van der Waals surface area contributed by atoms with Gasteiger partial charge >= 0.3 is 13.4 Å².